The Kier molecular flexibility index (Phi) is 5.40. The summed E-state index contributed by atoms with van der Waals surface area (Å²) in [7, 11) is 0. The largest absolute Gasteiger partial charge is 0.355 e. The van der Waals surface area contributed by atoms with Gasteiger partial charge in [0.25, 0.3) is 5.56 Å². The molecule has 6 heteroatoms. The Balaban J connectivity index is 1.39. The number of pyridine rings is 2. The number of hydrogen-bond acceptors (Lipinski definition) is 4. The minimum atomic E-state index is -1.64. The quantitative estimate of drug-likeness (QED) is 0.337. The molecular weight excluding hydrogens is 417 g/mol. The minimum Gasteiger partial charge on any atom is -0.355 e. The van der Waals surface area contributed by atoms with Gasteiger partial charge in [0.2, 0.25) is 0 Å². The number of aromatic nitrogens is 2. The van der Waals surface area contributed by atoms with Crippen LogP contribution in [0.1, 0.15) is 17.3 Å². The molecule has 0 fully saturated rings. The van der Waals surface area contributed by atoms with Crippen LogP contribution in [0.3, 0.4) is 0 Å². The number of alkyl halides is 1. The molecule has 5 nitrogen and oxygen atoms in total. The number of hydrogen-bond donors (Lipinski definition) is 2. The topological polar surface area (TPSA) is 74.8 Å². The number of aromatic amines is 1. The van der Waals surface area contributed by atoms with Crippen molar-refractivity contribution in [1.29, 1.82) is 0 Å². The van der Waals surface area contributed by atoms with Crippen LogP contribution >= 0.6 is 0 Å². The van der Waals surface area contributed by atoms with Crippen LogP contribution in [0.25, 0.3) is 21.8 Å². The van der Waals surface area contributed by atoms with Crippen LogP contribution in [0, 0.1) is 0 Å². The van der Waals surface area contributed by atoms with E-state index in [0.29, 0.717) is 16.6 Å². The zero-order valence-electron chi connectivity index (χ0n) is 17.6. The molecule has 1 atom stereocenters. The van der Waals surface area contributed by atoms with E-state index in [0.717, 1.165) is 27.7 Å². The third kappa shape index (κ3) is 4.11. The third-order valence-corrected chi connectivity index (χ3v) is 5.61. The van der Waals surface area contributed by atoms with Crippen molar-refractivity contribution in [3.05, 3.63) is 113 Å². The van der Waals surface area contributed by atoms with Crippen LogP contribution in [0.5, 0.6) is 0 Å². The average molecular weight is 437 g/mol. The van der Waals surface area contributed by atoms with E-state index in [1.807, 2.05) is 36.4 Å². The van der Waals surface area contributed by atoms with E-state index in [1.54, 1.807) is 54.7 Å². The van der Waals surface area contributed by atoms with Crippen LogP contribution in [-0.2, 0) is 11.2 Å². The first-order valence-corrected chi connectivity index (χ1v) is 10.6. The van der Waals surface area contributed by atoms with Gasteiger partial charge in [-0.1, -0.05) is 60.7 Å². The second-order valence-corrected chi connectivity index (χ2v) is 7.82. The lowest BCUT2D eigenvalue weighted by atomic mass is 10.0. The predicted octanol–water partition coefficient (Wildman–Crippen LogP) is 5.64. The first kappa shape index (κ1) is 20.6. The Morgan fingerprint density at radius 1 is 0.909 bits per heavy atom. The van der Waals surface area contributed by atoms with E-state index in [4.69, 9.17) is 0 Å². The second-order valence-electron chi connectivity index (χ2n) is 7.82. The number of benzene rings is 3. The number of carbonyl (C=O) groups excluding carboxylic acids is 1. The van der Waals surface area contributed by atoms with Gasteiger partial charge in [0, 0.05) is 34.5 Å². The summed E-state index contributed by atoms with van der Waals surface area (Å²) in [5.74, 6) is -0.475. The number of nitrogens with one attached hydrogen (secondary N) is 2. The number of ketones is 1. The van der Waals surface area contributed by atoms with Crippen molar-refractivity contribution in [1.82, 2.24) is 9.97 Å². The van der Waals surface area contributed by atoms with Gasteiger partial charge in [-0.2, -0.15) is 0 Å². The average Bonchev–Trinajstić information content (AvgIpc) is 2.85. The summed E-state index contributed by atoms with van der Waals surface area (Å²) in [6.07, 6.45) is 0.0102. The van der Waals surface area contributed by atoms with Gasteiger partial charge in [-0.05, 0) is 35.4 Å². The molecule has 33 heavy (non-hydrogen) atoms. The van der Waals surface area contributed by atoms with E-state index in [-0.39, 0.29) is 12.0 Å². The molecule has 0 aliphatic heterocycles. The van der Waals surface area contributed by atoms with Crippen LogP contribution in [-0.4, -0.2) is 15.8 Å². The summed E-state index contributed by atoms with van der Waals surface area (Å²) in [6, 6.07) is 25.0. The summed E-state index contributed by atoms with van der Waals surface area (Å²) in [6.45, 7) is 0. The van der Waals surface area contributed by atoms with Gasteiger partial charge in [0.1, 0.15) is 5.65 Å². The van der Waals surface area contributed by atoms with Gasteiger partial charge in [-0.3, -0.25) is 9.59 Å². The SMILES string of the molecule is O=C(Cc1ccc(Nc2ccnc3[nH]c(=O)c4ccccc4c23)cc1)C(F)c1ccccc1. The lowest BCUT2D eigenvalue weighted by molar-refractivity contribution is -0.123. The Bertz CT molecular complexity index is 1510. The van der Waals surface area contributed by atoms with Crippen molar-refractivity contribution in [3.63, 3.8) is 0 Å². The van der Waals surface area contributed by atoms with Crippen LogP contribution in [0.15, 0.2) is 95.9 Å². The highest BCUT2D eigenvalue weighted by Gasteiger charge is 2.19. The fourth-order valence-corrected chi connectivity index (χ4v) is 3.97. The normalized spacial score (nSPS) is 12.0. The van der Waals surface area contributed by atoms with Crippen molar-refractivity contribution in [2.45, 2.75) is 12.6 Å². The lowest BCUT2D eigenvalue weighted by Crippen LogP contribution is -2.11. The Morgan fingerprint density at radius 3 is 2.36 bits per heavy atom. The molecule has 0 aliphatic carbocycles. The summed E-state index contributed by atoms with van der Waals surface area (Å²) >= 11 is 0. The van der Waals surface area contributed by atoms with Crippen molar-refractivity contribution in [3.8, 4) is 0 Å². The molecular formula is C27H20FN3O2. The van der Waals surface area contributed by atoms with E-state index < -0.39 is 12.0 Å². The van der Waals surface area contributed by atoms with Gasteiger partial charge in [0.05, 0.1) is 5.69 Å². The second kappa shape index (κ2) is 8.67. The van der Waals surface area contributed by atoms with Gasteiger partial charge in [-0.25, -0.2) is 9.37 Å². The predicted molar refractivity (Wildman–Crippen MR) is 129 cm³/mol. The molecule has 2 N–H and O–H groups in total. The van der Waals surface area contributed by atoms with Crippen molar-refractivity contribution < 1.29 is 9.18 Å². The van der Waals surface area contributed by atoms with Crippen molar-refractivity contribution in [2.75, 3.05) is 5.32 Å². The standard InChI is InChI=1S/C27H20FN3O2/c28-25(18-6-2-1-3-7-18)23(32)16-17-10-12-19(13-11-17)30-22-14-15-29-26-24(22)20-8-4-5-9-21(20)27(33)31-26/h1-15,25H,16H2,(H2,29,30,31,33). The maximum atomic E-state index is 14.5. The molecule has 3 aromatic carbocycles. The summed E-state index contributed by atoms with van der Waals surface area (Å²) in [4.78, 5) is 31.9. The number of fused-ring (bicyclic) bond motifs is 3. The highest BCUT2D eigenvalue weighted by atomic mass is 19.1. The minimum absolute atomic E-state index is 0.0143. The van der Waals surface area contributed by atoms with Crippen molar-refractivity contribution in [2.24, 2.45) is 0 Å². The third-order valence-electron chi connectivity index (χ3n) is 5.61. The van der Waals surface area contributed by atoms with E-state index in [1.165, 1.54) is 0 Å². The summed E-state index contributed by atoms with van der Waals surface area (Å²) < 4.78 is 14.5. The monoisotopic (exact) mass is 437 g/mol. The fraction of sp³-hybridized carbons (Fsp3) is 0.0741. The molecule has 5 rings (SSSR count). The number of rotatable bonds is 6. The molecule has 2 aromatic heterocycles. The number of Topliss-reactive ketones (excluding diaryl/α,β-unsaturated/α-hetero) is 1. The summed E-state index contributed by atoms with van der Waals surface area (Å²) in [5, 5.41) is 5.58. The van der Waals surface area contributed by atoms with Crippen LogP contribution < -0.4 is 10.9 Å². The molecule has 0 amide bonds. The molecule has 5 aromatic rings. The van der Waals surface area contributed by atoms with Crippen LogP contribution in [0.4, 0.5) is 15.8 Å². The molecule has 0 aliphatic rings. The molecule has 0 bridgehead atoms. The van der Waals surface area contributed by atoms with E-state index >= 15 is 0 Å². The maximum absolute atomic E-state index is 14.5. The molecule has 1 unspecified atom stereocenters. The highest BCUT2D eigenvalue weighted by Crippen LogP contribution is 2.29. The van der Waals surface area contributed by atoms with E-state index in [9.17, 15) is 14.0 Å². The zero-order chi connectivity index (χ0) is 22.8. The van der Waals surface area contributed by atoms with Crippen LogP contribution in [0.2, 0.25) is 0 Å². The van der Waals surface area contributed by atoms with Gasteiger partial charge < -0.3 is 10.3 Å². The highest BCUT2D eigenvalue weighted by molar-refractivity contribution is 6.10. The smallest absolute Gasteiger partial charge is 0.257 e. The number of H-pyrrole nitrogens is 1. The maximum Gasteiger partial charge on any atom is 0.257 e. The summed E-state index contributed by atoms with van der Waals surface area (Å²) in [5.41, 5.74) is 3.02. The first-order valence-electron chi connectivity index (χ1n) is 10.6. The van der Waals surface area contributed by atoms with Gasteiger partial charge in [0.15, 0.2) is 12.0 Å². The Labute approximate surface area is 188 Å². The number of halogens is 1. The first-order chi connectivity index (χ1) is 16.1. The number of anilines is 2. The number of nitrogens with zero attached hydrogens (tertiary/aromatic N) is 1. The Hall–Kier alpha value is -4.32. The van der Waals surface area contributed by atoms with E-state index in [2.05, 4.69) is 15.3 Å². The fourth-order valence-electron chi connectivity index (χ4n) is 3.97. The van der Waals surface area contributed by atoms with Gasteiger partial charge in [-0.15, -0.1) is 0 Å². The number of carbonyl (C=O) groups is 1. The molecule has 0 spiro atoms. The Morgan fingerprint density at radius 2 is 1.61 bits per heavy atom. The molecule has 0 radical (unpaired) electrons. The molecule has 2 heterocycles. The zero-order valence-corrected chi connectivity index (χ0v) is 17.6. The molecule has 162 valence electrons. The van der Waals surface area contributed by atoms with Gasteiger partial charge >= 0.3 is 0 Å². The molecule has 0 saturated carbocycles. The molecule has 0 saturated heterocycles. The van der Waals surface area contributed by atoms with Crippen molar-refractivity contribution >= 4 is 39.0 Å². The lowest BCUT2D eigenvalue weighted by Gasteiger charge is -2.12.